The van der Waals surface area contributed by atoms with Crippen molar-refractivity contribution in [2.45, 2.75) is 20.5 Å². The number of benzene rings is 3. The summed E-state index contributed by atoms with van der Waals surface area (Å²) in [7, 11) is 4.60. The summed E-state index contributed by atoms with van der Waals surface area (Å²) in [6.45, 7) is 3.92. The van der Waals surface area contributed by atoms with Gasteiger partial charge >= 0.3 is 0 Å². The van der Waals surface area contributed by atoms with Crippen LogP contribution < -0.4 is 18.9 Å². The van der Waals surface area contributed by atoms with Crippen LogP contribution in [-0.2, 0) is 6.61 Å². The molecule has 0 aliphatic carbocycles. The Kier molecular flexibility index (Phi) is 7.69. The summed E-state index contributed by atoms with van der Waals surface area (Å²) in [6, 6.07) is 12.7. The predicted molar refractivity (Wildman–Crippen MR) is 129 cm³/mol. The average molecular weight is 520 g/mol. The Balaban J connectivity index is 2.18. The molecular formula is C25H24BrClO5. The highest BCUT2D eigenvalue weighted by Gasteiger charge is 2.28. The number of carbonyl (C=O) groups is 1. The lowest BCUT2D eigenvalue weighted by molar-refractivity contribution is 0.102. The third-order valence-corrected chi connectivity index (χ3v) is 6.27. The number of ketones is 1. The molecule has 0 aliphatic heterocycles. The number of rotatable bonds is 8. The van der Waals surface area contributed by atoms with Crippen LogP contribution in [0.25, 0.3) is 0 Å². The molecule has 0 amide bonds. The summed E-state index contributed by atoms with van der Waals surface area (Å²) < 4.78 is 23.6. The van der Waals surface area contributed by atoms with E-state index in [-0.39, 0.29) is 12.4 Å². The van der Waals surface area contributed by atoms with Gasteiger partial charge in [-0.1, -0.05) is 39.7 Å². The summed E-state index contributed by atoms with van der Waals surface area (Å²) in [5.74, 6) is 1.39. The molecule has 0 unspecified atom stereocenters. The first-order valence-electron chi connectivity index (χ1n) is 9.82. The molecule has 0 aliphatic rings. The lowest BCUT2D eigenvalue weighted by Crippen LogP contribution is -2.12. The first-order chi connectivity index (χ1) is 15.3. The van der Waals surface area contributed by atoms with E-state index in [1.807, 2.05) is 32.0 Å². The van der Waals surface area contributed by atoms with Crippen molar-refractivity contribution in [1.29, 1.82) is 0 Å². The standard InChI is InChI=1S/C25H24BrClO5/c1-14-12-20(30-4)24(31-5)25(32-13-16-6-8-17(27)9-7-16)21(14)23(28)22-15(2)18(26)10-11-19(22)29-3/h6-12H,13H2,1-5H3. The molecule has 32 heavy (non-hydrogen) atoms. The first-order valence-corrected chi connectivity index (χ1v) is 11.0. The molecule has 3 rings (SSSR count). The quantitative estimate of drug-likeness (QED) is 0.316. The van der Waals surface area contributed by atoms with Gasteiger partial charge in [-0.3, -0.25) is 4.79 Å². The second kappa shape index (κ2) is 10.3. The molecular weight excluding hydrogens is 496 g/mol. The highest BCUT2D eigenvalue weighted by Crippen LogP contribution is 2.44. The number of hydrogen-bond donors (Lipinski definition) is 0. The Hall–Kier alpha value is -2.70. The minimum Gasteiger partial charge on any atom is -0.496 e. The van der Waals surface area contributed by atoms with E-state index in [0.717, 1.165) is 15.6 Å². The molecule has 0 bridgehead atoms. The summed E-state index contributed by atoms with van der Waals surface area (Å²) in [5, 5.41) is 0.636. The van der Waals surface area contributed by atoms with E-state index in [2.05, 4.69) is 15.9 Å². The molecule has 0 radical (unpaired) electrons. The van der Waals surface area contributed by atoms with Crippen LogP contribution in [0.4, 0.5) is 0 Å². The zero-order chi connectivity index (χ0) is 23.4. The van der Waals surface area contributed by atoms with E-state index >= 15 is 0 Å². The number of aryl methyl sites for hydroxylation is 1. The lowest BCUT2D eigenvalue weighted by Gasteiger charge is -2.20. The third-order valence-electron chi connectivity index (χ3n) is 5.15. The molecule has 0 aromatic heterocycles. The summed E-state index contributed by atoms with van der Waals surface area (Å²) >= 11 is 9.50. The van der Waals surface area contributed by atoms with Gasteiger partial charge in [0.1, 0.15) is 12.4 Å². The average Bonchev–Trinajstić information content (AvgIpc) is 2.79. The Morgan fingerprint density at radius 1 is 0.875 bits per heavy atom. The SMILES string of the molecule is COc1cc(C)c(C(=O)c2c(OC)ccc(Br)c2C)c(OCc2ccc(Cl)cc2)c1OC. The van der Waals surface area contributed by atoms with Crippen molar-refractivity contribution >= 4 is 33.3 Å². The largest absolute Gasteiger partial charge is 0.496 e. The Labute approximate surface area is 201 Å². The molecule has 168 valence electrons. The molecule has 0 heterocycles. The first kappa shape index (κ1) is 24.0. The van der Waals surface area contributed by atoms with Gasteiger partial charge in [0.25, 0.3) is 0 Å². The number of hydrogen-bond acceptors (Lipinski definition) is 5. The maximum Gasteiger partial charge on any atom is 0.204 e. The van der Waals surface area contributed by atoms with Crippen molar-refractivity contribution in [2.24, 2.45) is 0 Å². The molecule has 0 N–H and O–H groups in total. The molecule has 0 fully saturated rings. The van der Waals surface area contributed by atoms with Crippen LogP contribution in [0.1, 0.15) is 32.6 Å². The van der Waals surface area contributed by atoms with Crippen molar-refractivity contribution < 1.29 is 23.7 Å². The maximum atomic E-state index is 13.9. The van der Waals surface area contributed by atoms with E-state index in [1.165, 1.54) is 7.11 Å². The Morgan fingerprint density at radius 2 is 1.53 bits per heavy atom. The van der Waals surface area contributed by atoms with E-state index in [0.29, 0.717) is 44.7 Å². The minimum absolute atomic E-state index is 0.217. The van der Waals surface area contributed by atoms with Crippen molar-refractivity contribution in [3.63, 3.8) is 0 Å². The minimum atomic E-state index is -0.231. The summed E-state index contributed by atoms with van der Waals surface area (Å²) in [6.07, 6.45) is 0. The molecule has 5 nitrogen and oxygen atoms in total. The van der Waals surface area contributed by atoms with Crippen molar-refractivity contribution in [3.05, 3.63) is 79.8 Å². The van der Waals surface area contributed by atoms with Crippen LogP contribution in [-0.4, -0.2) is 27.1 Å². The zero-order valence-corrected chi connectivity index (χ0v) is 20.9. The van der Waals surface area contributed by atoms with Gasteiger partial charge in [0.15, 0.2) is 11.5 Å². The van der Waals surface area contributed by atoms with Gasteiger partial charge in [0.2, 0.25) is 11.5 Å². The fourth-order valence-electron chi connectivity index (χ4n) is 3.48. The highest BCUT2D eigenvalue weighted by molar-refractivity contribution is 9.10. The fraction of sp³-hybridized carbons (Fsp3) is 0.240. The van der Waals surface area contributed by atoms with Crippen LogP contribution >= 0.6 is 27.5 Å². The monoisotopic (exact) mass is 518 g/mol. The van der Waals surface area contributed by atoms with E-state index < -0.39 is 0 Å². The van der Waals surface area contributed by atoms with Gasteiger partial charge in [-0.2, -0.15) is 0 Å². The number of halogens is 2. The van der Waals surface area contributed by atoms with Gasteiger partial charge in [-0.05, 0) is 60.9 Å². The summed E-state index contributed by atoms with van der Waals surface area (Å²) in [5.41, 5.74) is 3.20. The number of ether oxygens (including phenoxy) is 4. The third kappa shape index (κ3) is 4.71. The Bertz CT molecular complexity index is 1140. The summed E-state index contributed by atoms with van der Waals surface area (Å²) in [4.78, 5) is 13.9. The van der Waals surface area contributed by atoms with Crippen molar-refractivity contribution in [2.75, 3.05) is 21.3 Å². The molecule has 0 saturated carbocycles. The van der Waals surface area contributed by atoms with Gasteiger partial charge < -0.3 is 18.9 Å². The second-order valence-corrected chi connectivity index (χ2v) is 8.42. The van der Waals surface area contributed by atoms with E-state index in [9.17, 15) is 4.79 Å². The topological polar surface area (TPSA) is 54.0 Å². The van der Waals surface area contributed by atoms with Crippen LogP contribution in [0, 0.1) is 13.8 Å². The smallest absolute Gasteiger partial charge is 0.204 e. The highest BCUT2D eigenvalue weighted by atomic mass is 79.9. The van der Waals surface area contributed by atoms with Crippen LogP contribution in [0.15, 0.2) is 46.9 Å². The van der Waals surface area contributed by atoms with Gasteiger partial charge in [0, 0.05) is 9.50 Å². The normalized spacial score (nSPS) is 10.6. The maximum absolute atomic E-state index is 13.9. The van der Waals surface area contributed by atoms with Crippen molar-refractivity contribution in [3.8, 4) is 23.0 Å². The van der Waals surface area contributed by atoms with Crippen LogP contribution in [0.5, 0.6) is 23.0 Å². The van der Waals surface area contributed by atoms with E-state index in [1.54, 1.807) is 38.5 Å². The molecule has 0 saturated heterocycles. The van der Waals surface area contributed by atoms with Crippen LogP contribution in [0.2, 0.25) is 5.02 Å². The number of carbonyl (C=O) groups excluding carboxylic acids is 1. The number of methoxy groups -OCH3 is 3. The molecule has 3 aromatic carbocycles. The van der Waals surface area contributed by atoms with Gasteiger partial charge in [-0.25, -0.2) is 0 Å². The second-order valence-electron chi connectivity index (χ2n) is 7.13. The predicted octanol–water partition coefficient (Wildman–Crippen LogP) is 6.56. The lowest BCUT2D eigenvalue weighted by atomic mass is 9.93. The van der Waals surface area contributed by atoms with E-state index in [4.69, 9.17) is 30.5 Å². The van der Waals surface area contributed by atoms with Crippen LogP contribution in [0.3, 0.4) is 0 Å². The molecule has 0 spiro atoms. The van der Waals surface area contributed by atoms with Gasteiger partial charge in [-0.15, -0.1) is 0 Å². The van der Waals surface area contributed by atoms with Gasteiger partial charge in [0.05, 0.1) is 32.5 Å². The molecule has 7 heteroatoms. The van der Waals surface area contributed by atoms with Crippen molar-refractivity contribution in [1.82, 2.24) is 0 Å². The fourth-order valence-corrected chi connectivity index (χ4v) is 3.93. The Morgan fingerprint density at radius 3 is 2.12 bits per heavy atom. The zero-order valence-electron chi connectivity index (χ0n) is 18.5. The molecule has 0 atom stereocenters. The molecule has 3 aromatic rings.